The first-order valence-electron chi connectivity index (χ1n) is 8.24. The first kappa shape index (κ1) is 16.5. The predicted molar refractivity (Wildman–Crippen MR) is 100 cm³/mol. The maximum Gasteiger partial charge on any atom is 0.261 e. The molecule has 1 aromatic heterocycles. The summed E-state index contributed by atoms with van der Waals surface area (Å²) in [5.41, 5.74) is 0. The number of piperidine rings is 3. The molecule has 6 heteroatoms. The van der Waals surface area contributed by atoms with Crippen molar-refractivity contribution in [3.63, 3.8) is 0 Å². The Hall–Kier alpha value is -1.01. The molecule has 24 heavy (non-hydrogen) atoms. The van der Waals surface area contributed by atoms with Gasteiger partial charge in [0.25, 0.3) is 5.91 Å². The maximum atomic E-state index is 12.6. The van der Waals surface area contributed by atoms with E-state index < -0.39 is 0 Å². The number of rotatable bonds is 4. The molecule has 0 aliphatic carbocycles. The summed E-state index contributed by atoms with van der Waals surface area (Å²) in [7, 11) is 0. The summed E-state index contributed by atoms with van der Waals surface area (Å²) in [5, 5.41) is 3.99. The molecule has 2 bridgehead atoms. The second-order valence-corrected chi connectivity index (χ2v) is 9.29. The lowest BCUT2D eigenvalue weighted by Crippen LogP contribution is -2.57. The highest BCUT2D eigenvalue weighted by atomic mass is 35.5. The van der Waals surface area contributed by atoms with Crippen molar-refractivity contribution in [1.82, 2.24) is 10.2 Å². The van der Waals surface area contributed by atoms with E-state index in [1.54, 1.807) is 23.1 Å². The van der Waals surface area contributed by atoms with Gasteiger partial charge in [-0.05, 0) is 62.2 Å². The number of hydrogen-bond acceptors (Lipinski definition) is 4. The average molecular weight is 379 g/mol. The van der Waals surface area contributed by atoms with Crippen LogP contribution in [0.5, 0.6) is 0 Å². The molecule has 1 amide bonds. The minimum absolute atomic E-state index is 0.0664. The van der Waals surface area contributed by atoms with E-state index in [0.717, 1.165) is 25.5 Å². The number of benzene rings is 1. The molecular weight excluding hydrogens is 360 g/mol. The Morgan fingerprint density at radius 3 is 2.79 bits per heavy atom. The van der Waals surface area contributed by atoms with E-state index in [1.165, 1.54) is 25.9 Å². The zero-order valence-electron chi connectivity index (χ0n) is 13.2. The van der Waals surface area contributed by atoms with Gasteiger partial charge in [0.2, 0.25) is 0 Å². The number of nitrogens with zero attached hydrogens (tertiary/aromatic N) is 1. The lowest BCUT2D eigenvalue weighted by atomic mass is 9.84. The van der Waals surface area contributed by atoms with Crippen LogP contribution >= 0.6 is 34.7 Å². The standard InChI is InChI=1S/C18H19ClN2OS2/c19-13-2-1-3-14(10-13)23-17-5-4-16(24-17)18(22)20-15-11-21-8-6-12(15)7-9-21/h1-5,10,12,15H,6-9,11H2,(H,20,22). The Bertz CT molecular complexity index is 740. The molecular formula is C18H19ClN2OS2. The number of fused-ring (bicyclic) bond motifs is 3. The largest absolute Gasteiger partial charge is 0.347 e. The summed E-state index contributed by atoms with van der Waals surface area (Å²) in [5.74, 6) is 0.718. The number of halogens is 1. The van der Waals surface area contributed by atoms with Gasteiger partial charge >= 0.3 is 0 Å². The Kier molecular flexibility index (Phi) is 4.86. The Labute approximate surface area is 155 Å². The first-order chi connectivity index (χ1) is 11.7. The van der Waals surface area contributed by atoms with Gasteiger partial charge in [-0.25, -0.2) is 0 Å². The lowest BCUT2D eigenvalue weighted by Gasteiger charge is -2.44. The van der Waals surface area contributed by atoms with Crippen LogP contribution in [0.1, 0.15) is 22.5 Å². The number of carbonyl (C=O) groups excluding carboxylic acids is 1. The van der Waals surface area contributed by atoms with E-state index in [-0.39, 0.29) is 5.91 Å². The fraction of sp³-hybridized carbons (Fsp3) is 0.389. The van der Waals surface area contributed by atoms with Gasteiger partial charge in [0, 0.05) is 22.5 Å². The van der Waals surface area contributed by atoms with E-state index in [2.05, 4.69) is 10.2 Å². The third kappa shape index (κ3) is 3.64. The van der Waals surface area contributed by atoms with Gasteiger partial charge in [-0.3, -0.25) is 4.79 Å². The highest BCUT2D eigenvalue weighted by molar-refractivity contribution is 8.01. The van der Waals surface area contributed by atoms with Gasteiger partial charge in [0.1, 0.15) is 0 Å². The quantitative estimate of drug-likeness (QED) is 0.857. The van der Waals surface area contributed by atoms with Crippen LogP contribution in [0, 0.1) is 5.92 Å². The van der Waals surface area contributed by atoms with Crippen molar-refractivity contribution in [3.8, 4) is 0 Å². The molecule has 3 fully saturated rings. The molecule has 1 atom stereocenters. The fourth-order valence-corrected chi connectivity index (χ4v) is 5.83. The van der Waals surface area contributed by atoms with E-state index in [9.17, 15) is 4.79 Å². The molecule has 3 aliphatic rings. The summed E-state index contributed by atoms with van der Waals surface area (Å²) in [4.78, 5) is 16.9. The molecule has 0 radical (unpaired) electrons. The number of thiophene rings is 1. The molecule has 2 aromatic rings. The maximum absolute atomic E-state index is 12.6. The van der Waals surface area contributed by atoms with Gasteiger partial charge < -0.3 is 10.2 Å². The van der Waals surface area contributed by atoms with Crippen LogP contribution < -0.4 is 5.32 Å². The fourth-order valence-electron chi connectivity index (χ4n) is 3.51. The topological polar surface area (TPSA) is 32.3 Å². The third-order valence-electron chi connectivity index (χ3n) is 4.79. The van der Waals surface area contributed by atoms with Gasteiger partial charge in [0.05, 0.1) is 9.09 Å². The molecule has 3 aliphatic heterocycles. The number of carbonyl (C=O) groups is 1. The first-order valence-corrected chi connectivity index (χ1v) is 10.2. The van der Waals surface area contributed by atoms with Crippen molar-refractivity contribution in [1.29, 1.82) is 0 Å². The molecule has 3 nitrogen and oxygen atoms in total. The van der Waals surface area contributed by atoms with Crippen LogP contribution in [0.25, 0.3) is 0 Å². The van der Waals surface area contributed by atoms with Crippen LogP contribution in [0.2, 0.25) is 5.02 Å². The van der Waals surface area contributed by atoms with Crippen LogP contribution in [-0.4, -0.2) is 36.5 Å². The van der Waals surface area contributed by atoms with Crippen molar-refractivity contribution in [3.05, 3.63) is 46.3 Å². The van der Waals surface area contributed by atoms with E-state index >= 15 is 0 Å². The zero-order valence-corrected chi connectivity index (χ0v) is 15.6. The minimum Gasteiger partial charge on any atom is -0.347 e. The van der Waals surface area contributed by atoms with E-state index in [4.69, 9.17) is 11.6 Å². The van der Waals surface area contributed by atoms with E-state index in [0.29, 0.717) is 12.0 Å². The molecule has 0 saturated carbocycles. The van der Waals surface area contributed by atoms with Gasteiger partial charge in [-0.15, -0.1) is 11.3 Å². The lowest BCUT2D eigenvalue weighted by molar-refractivity contribution is 0.0622. The van der Waals surface area contributed by atoms with Gasteiger partial charge in [0.15, 0.2) is 0 Å². The molecule has 3 saturated heterocycles. The molecule has 4 heterocycles. The van der Waals surface area contributed by atoms with Crippen molar-refractivity contribution in [2.75, 3.05) is 19.6 Å². The van der Waals surface area contributed by atoms with Crippen molar-refractivity contribution < 1.29 is 4.79 Å². The second-order valence-electron chi connectivity index (χ2n) is 6.40. The highest BCUT2D eigenvalue weighted by Crippen LogP contribution is 2.35. The second kappa shape index (κ2) is 7.08. The SMILES string of the molecule is O=C(NC1CN2CCC1CC2)c1ccc(Sc2cccc(Cl)c2)s1. The van der Waals surface area contributed by atoms with E-state index in [1.807, 2.05) is 36.4 Å². The molecule has 5 rings (SSSR count). The Balaban J connectivity index is 1.40. The molecule has 1 N–H and O–H groups in total. The summed E-state index contributed by atoms with van der Waals surface area (Å²) >= 11 is 9.22. The monoisotopic (exact) mass is 378 g/mol. The highest BCUT2D eigenvalue weighted by Gasteiger charge is 2.35. The van der Waals surface area contributed by atoms with Crippen LogP contribution in [-0.2, 0) is 0 Å². The number of hydrogen-bond donors (Lipinski definition) is 1. The number of nitrogens with one attached hydrogen (secondary N) is 1. The average Bonchev–Trinajstić information content (AvgIpc) is 3.05. The van der Waals surface area contributed by atoms with Gasteiger partial charge in [-0.2, -0.15) is 0 Å². The summed E-state index contributed by atoms with van der Waals surface area (Å²) < 4.78 is 1.11. The Morgan fingerprint density at radius 2 is 2.08 bits per heavy atom. The summed E-state index contributed by atoms with van der Waals surface area (Å²) in [6, 6.07) is 12.0. The smallest absolute Gasteiger partial charge is 0.261 e. The predicted octanol–water partition coefficient (Wildman–Crippen LogP) is 4.38. The summed E-state index contributed by atoms with van der Waals surface area (Å²) in [6.45, 7) is 3.39. The van der Waals surface area contributed by atoms with Crippen LogP contribution in [0.3, 0.4) is 0 Å². The molecule has 126 valence electrons. The zero-order chi connectivity index (χ0) is 16.5. The van der Waals surface area contributed by atoms with Crippen LogP contribution in [0.4, 0.5) is 0 Å². The minimum atomic E-state index is 0.0664. The van der Waals surface area contributed by atoms with Crippen molar-refractivity contribution in [2.45, 2.75) is 28.0 Å². The van der Waals surface area contributed by atoms with Crippen LogP contribution in [0.15, 0.2) is 45.5 Å². The Morgan fingerprint density at radius 1 is 1.25 bits per heavy atom. The normalized spacial score (nSPS) is 25.6. The van der Waals surface area contributed by atoms with Gasteiger partial charge in [-0.1, -0.05) is 29.4 Å². The summed E-state index contributed by atoms with van der Waals surface area (Å²) in [6.07, 6.45) is 2.43. The number of amides is 1. The molecule has 0 spiro atoms. The van der Waals surface area contributed by atoms with Crippen molar-refractivity contribution in [2.24, 2.45) is 5.92 Å². The molecule has 1 unspecified atom stereocenters. The van der Waals surface area contributed by atoms with Crippen molar-refractivity contribution >= 4 is 40.6 Å². The third-order valence-corrected chi connectivity index (χ3v) is 7.23. The molecule has 1 aromatic carbocycles.